The third kappa shape index (κ3) is 7.15. The Labute approximate surface area is 258 Å². The Morgan fingerprint density at radius 3 is 2.64 bits per heavy atom. The lowest BCUT2D eigenvalue weighted by Crippen LogP contribution is -2.55. The molecule has 0 radical (unpaired) electrons. The van der Waals surface area contributed by atoms with Crippen LogP contribution in [-0.4, -0.2) is 89.1 Å². The first-order valence-corrected chi connectivity index (χ1v) is 14.7. The van der Waals surface area contributed by atoms with Crippen molar-refractivity contribution in [1.82, 2.24) is 24.8 Å². The molecule has 2 aliphatic heterocycles. The van der Waals surface area contributed by atoms with E-state index >= 15 is 0 Å². The molecule has 0 bridgehead atoms. The number of aromatic nitrogens is 3. The Morgan fingerprint density at radius 2 is 2.00 bits per heavy atom. The fraction of sp³-hybridized carbons (Fsp3) is 0.552. The van der Waals surface area contributed by atoms with E-state index in [0.717, 1.165) is 30.9 Å². The van der Waals surface area contributed by atoms with Crippen molar-refractivity contribution in [3.05, 3.63) is 46.6 Å². The number of carbonyl (C=O) groups is 1. The van der Waals surface area contributed by atoms with Crippen molar-refractivity contribution in [2.45, 2.75) is 57.9 Å². The molecule has 238 valence electrons. The predicted molar refractivity (Wildman–Crippen MR) is 157 cm³/mol. The molecule has 4 heterocycles. The highest BCUT2D eigenvalue weighted by atomic mass is 35.5. The largest absolute Gasteiger partial charge is 0.462 e. The van der Waals surface area contributed by atoms with Gasteiger partial charge in [0.15, 0.2) is 5.83 Å². The predicted octanol–water partition coefficient (Wildman–Crippen LogP) is 4.63. The molecule has 4 rings (SSSR count). The van der Waals surface area contributed by atoms with Gasteiger partial charge in [-0.1, -0.05) is 32.0 Å². The highest BCUT2D eigenvalue weighted by molar-refractivity contribution is 6.31. The third-order valence-electron chi connectivity index (χ3n) is 8.13. The van der Waals surface area contributed by atoms with Gasteiger partial charge in [-0.05, 0) is 26.4 Å². The molecule has 1 amide bonds. The van der Waals surface area contributed by atoms with E-state index in [1.807, 2.05) is 25.8 Å². The Bertz CT molecular complexity index is 1420. The van der Waals surface area contributed by atoms with Crippen molar-refractivity contribution >= 4 is 29.0 Å². The normalized spacial score (nSPS) is 17.7. The molecular weight excluding hydrogens is 604 g/mol. The zero-order valence-corrected chi connectivity index (χ0v) is 25.6. The summed E-state index contributed by atoms with van der Waals surface area (Å²) in [5.41, 5.74) is 0.0851. The Kier molecular flexibility index (Phi) is 10.5. The summed E-state index contributed by atoms with van der Waals surface area (Å²) in [6.07, 6.45) is -1.51. The van der Waals surface area contributed by atoms with Gasteiger partial charge >= 0.3 is 12.2 Å². The Morgan fingerprint density at radius 1 is 1.25 bits per heavy atom. The topological polar surface area (TPSA) is 102 Å². The lowest BCUT2D eigenvalue weighted by atomic mass is 10.0. The molecule has 2 aromatic rings. The molecule has 0 aliphatic carbocycles. The minimum absolute atomic E-state index is 0.0140. The molecule has 0 aromatic carbocycles. The summed E-state index contributed by atoms with van der Waals surface area (Å²) in [6, 6.07) is 1.58. The van der Waals surface area contributed by atoms with Crippen molar-refractivity contribution < 1.29 is 27.1 Å². The van der Waals surface area contributed by atoms with Gasteiger partial charge in [0.1, 0.15) is 18.0 Å². The van der Waals surface area contributed by atoms with Crippen LogP contribution in [0.5, 0.6) is 6.01 Å². The number of halogens is 5. The number of pyridine rings is 1. The lowest BCUT2D eigenvalue weighted by Gasteiger charge is -2.42. The van der Waals surface area contributed by atoms with Crippen molar-refractivity contribution in [3.63, 3.8) is 0 Å². The van der Waals surface area contributed by atoms with Crippen LogP contribution in [0.2, 0.25) is 5.02 Å². The second-order valence-electron chi connectivity index (χ2n) is 10.8. The first kappa shape index (κ1) is 33.2. The Balaban J connectivity index is 1.72. The van der Waals surface area contributed by atoms with Crippen LogP contribution < -0.4 is 14.5 Å². The monoisotopic (exact) mass is 638 g/mol. The van der Waals surface area contributed by atoms with Gasteiger partial charge in [0.05, 0.1) is 47.7 Å². The maximum atomic E-state index is 14.0. The maximum Gasteiger partial charge on any atom is 0.419 e. The van der Waals surface area contributed by atoms with Crippen LogP contribution in [0.25, 0.3) is 0 Å². The van der Waals surface area contributed by atoms with Crippen molar-refractivity contribution in [1.29, 1.82) is 5.26 Å². The maximum absolute atomic E-state index is 14.0. The summed E-state index contributed by atoms with van der Waals surface area (Å²) in [5, 5.41) is 8.93. The average Bonchev–Trinajstić information content (AvgIpc) is 2.99. The first-order valence-electron chi connectivity index (χ1n) is 14.3. The number of ether oxygens (including phenoxy) is 1. The van der Waals surface area contributed by atoms with Gasteiger partial charge in [0.2, 0.25) is 0 Å². The minimum Gasteiger partial charge on any atom is -0.462 e. The molecule has 2 aromatic heterocycles. The van der Waals surface area contributed by atoms with Gasteiger partial charge in [0.25, 0.3) is 5.91 Å². The van der Waals surface area contributed by atoms with E-state index < -0.39 is 34.5 Å². The number of anilines is 2. The summed E-state index contributed by atoms with van der Waals surface area (Å²) in [5.74, 6) is -1.46. The molecule has 44 heavy (non-hydrogen) atoms. The van der Waals surface area contributed by atoms with E-state index in [4.69, 9.17) is 21.3 Å². The van der Waals surface area contributed by atoms with Crippen LogP contribution in [0, 0.1) is 11.3 Å². The molecule has 2 aliphatic rings. The van der Waals surface area contributed by atoms with Gasteiger partial charge in [-0.15, -0.1) is 0 Å². The quantitative estimate of drug-likeness (QED) is 0.272. The van der Waals surface area contributed by atoms with Crippen molar-refractivity contribution in [2.24, 2.45) is 0 Å². The molecule has 10 nitrogen and oxygen atoms in total. The lowest BCUT2D eigenvalue weighted by molar-refractivity contribution is -0.137. The second-order valence-corrected chi connectivity index (χ2v) is 11.2. The molecule has 0 N–H and O–H groups in total. The highest BCUT2D eigenvalue weighted by Crippen LogP contribution is 2.42. The van der Waals surface area contributed by atoms with Crippen LogP contribution in [-0.2, 0) is 23.9 Å². The molecule has 15 heteroatoms. The number of rotatable bonds is 10. The number of likely N-dealkylation sites (N-methyl/N-ethyl adjacent to an activating group) is 1. The fourth-order valence-electron chi connectivity index (χ4n) is 5.60. The number of amides is 1. The summed E-state index contributed by atoms with van der Waals surface area (Å²) in [7, 11) is 1.98. The number of carbonyl (C=O) groups excluding carboxylic acids is 1. The Hall–Kier alpha value is -3.70. The number of alkyl halides is 3. The fourth-order valence-corrected chi connectivity index (χ4v) is 5.86. The smallest absolute Gasteiger partial charge is 0.419 e. The first-order chi connectivity index (χ1) is 20.9. The van der Waals surface area contributed by atoms with Gasteiger partial charge in [-0.25, -0.2) is 4.39 Å². The van der Waals surface area contributed by atoms with Crippen LogP contribution in [0.1, 0.15) is 43.5 Å². The van der Waals surface area contributed by atoms with Crippen LogP contribution >= 0.6 is 11.6 Å². The molecule has 2 atom stereocenters. The molecule has 1 fully saturated rings. The van der Waals surface area contributed by atoms with Crippen LogP contribution in [0.4, 0.5) is 29.1 Å². The van der Waals surface area contributed by atoms with E-state index in [-0.39, 0.29) is 63.5 Å². The van der Waals surface area contributed by atoms with Crippen molar-refractivity contribution in [2.75, 3.05) is 56.2 Å². The van der Waals surface area contributed by atoms with Crippen molar-refractivity contribution in [3.8, 4) is 12.1 Å². The summed E-state index contributed by atoms with van der Waals surface area (Å²) < 4.78 is 61.8. The van der Waals surface area contributed by atoms with Crippen LogP contribution in [0.15, 0.2) is 24.8 Å². The number of hydrogen-bond donors (Lipinski definition) is 0. The summed E-state index contributed by atoms with van der Waals surface area (Å²) >= 11 is 5.96. The zero-order chi connectivity index (χ0) is 32.2. The highest BCUT2D eigenvalue weighted by Gasteiger charge is 2.39. The van der Waals surface area contributed by atoms with E-state index in [1.54, 1.807) is 0 Å². The molecule has 0 spiro atoms. The van der Waals surface area contributed by atoms with E-state index in [0.29, 0.717) is 17.9 Å². The third-order valence-corrected chi connectivity index (χ3v) is 8.41. The second kappa shape index (κ2) is 13.9. The van der Waals surface area contributed by atoms with E-state index in [9.17, 15) is 27.6 Å². The number of nitrogens with zero attached hydrogens (tertiary/aromatic N) is 8. The number of piperazine rings is 1. The molecule has 1 saturated heterocycles. The van der Waals surface area contributed by atoms with E-state index in [1.165, 1.54) is 9.80 Å². The standard InChI is InChI=1S/C29H35ClF4N8O2/c1-5-19(39(4)6-2)17-44-28-37-23-16-40(24-14-36-13-22(30)25(24)29(32,33)34)10-8-21(23)26(38-28)41-11-12-42(27(43)18(3)31)20(15-41)7-9-35/h13-14,19-20H,3,5-8,10-12,15-17H2,1-2,4H3/t19-,20-/m0/s1. The van der Waals surface area contributed by atoms with Gasteiger partial charge in [-0.2, -0.15) is 28.4 Å². The molecular formula is C29H35ClF4N8O2. The molecule has 0 saturated carbocycles. The summed E-state index contributed by atoms with van der Waals surface area (Å²) in [6.45, 7) is 9.07. The molecule has 0 unspecified atom stereocenters. The number of nitriles is 1. The minimum atomic E-state index is -4.70. The SMILES string of the molecule is C=C(F)C(=O)N1CCN(c2nc(OC[C@H](CC)N(C)CC)nc3c2CCN(c2cncc(Cl)c2C(F)(F)F)C3)C[C@@H]1CC#N. The average molecular weight is 639 g/mol. The van der Waals surface area contributed by atoms with Gasteiger partial charge in [-0.3, -0.25) is 9.78 Å². The number of hydrogen-bond acceptors (Lipinski definition) is 9. The summed E-state index contributed by atoms with van der Waals surface area (Å²) in [4.78, 5) is 32.6. The van der Waals surface area contributed by atoms with Gasteiger partial charge in [0, 0.05) is 44.0 Å². The number of fused-ring (bicyclic) bond motifs is 1. The zero-order valence-electron chi connectivity index (χ0n) is 24.9. The van der Waals surface area contributed by atoms with Crippen LogP contribution in [0.3, 0.4) is 0 Å². The van der Waals surface area contributed by atoms with E-state index in [2.05, 4.69) is 27.5 Å². The van der Waals surface area contributed by atoms with Gasteiger partial charge < -0.3 is 24.3 Å².